The second kappa shape index (κ2) is 4.24. The van der Waals surface area contributed by atoms with Gasteiger partial charge in [-0.05, 0) is 17.8 Å². The van der Waals surface area contributed by atoms with Gasteiger partial charge >= 0.3 is 5.51 Å². The largest absolute Gasteiger partial charge is 0.446 e. The zero-order chi connectivity index (χ0) is 10.8. The first kappa shape index (κ1) is 11.4. The molecular formula is C8H3BrF3NS. The number of alkyl halides is 3. The molecule has 0 atom stereocenters. The average Bonchev–Trinajstić information content (AvgIpc) is 2.01. The smallest absolute Gasteiger partial charge is 0.237 e. The second-order valence-corrected chi connectivity index (χ2v) is 4.27. The van der Waals surface area contributed by atoms with Gasteiger partial charge in [0, 0.05) is 9.37 Å². The molecule has 0 aromatic heterocycles. The Morgan fingerprint density at radius 1 is 1.36 bits per heavy atom. The zero-order valence-corrected chi connectivity index (χ0v) is 9.00. The van der Waals surface area contributed by atoms with Gasteiger partial charge < -0.3 is 0 Å². The summed E-state index contributed by atoms with van der Waals surface area (Å²) in [6, 6.07) is 3.91. The number of hydrogen-bond donors (Lipinski definition) is 0. The van der Waals surface area contributed by atoms with E-state index in [4.69, 9.17) is 6.57 Å². The van der Waals surface area contributed by atoms with Crippen LogP contribution in [0.3, 0.4) is 0 Å². The van der Waals surface area contributed by atoms with Crippen molar-refractivity contribution in [2.24, 2.45) is 0 Å². The fourth-order valence-electron chi connectivity index (χ4n) is 0.775. The SMILES string of the molecule is [C-]#[N+]c1ccc(SC(F)(F)F)cc1Br. The van der Waals surface area contributed by atoms with E-state index in [2.05, 4.69) is 20.8 Å². The van der Waals surface area contributed by atoms with E-state index in [1.807, 2.05) is 0 Å². The number of thioether (sulfide) groups is 1. The topological polar surface area (TPSA) is 4.36 Å². The highest BCUT2D eigenvalue weighted by molar-refractivity contribution is 9.10. The Morgan fingerprint density at radius 2 is 2.00 bits per heavy atom. The lowest BCUT2D eigenvalue weighted by molar-refractivity contribution is -0.0328. The minimum Gasteiger partial charge on any atom is -0.237 e. The van der Waals surface area contributed by atoms with E-state index >= 15 is 0 Å². The molecule has 0 spiro atoms. The van der Waals surface area contributed by atoms with E-state index < -0.39 is 5.51 Å². The predicted octanol–water partition coefficient (Wildman–Crippen LogP) is 4.61. The van der Waals surface area contributed by atoms with Crippen molar-refractivity contribution in [2.45, 2.75) is 10.4 Å². The van der Waals surface area contributed by atoms with E-state index in [1.54, 1.807) is 0 Å². The molecule has 74 valence electrons. The Bertz CT molecular complexity index is 383. The van der Waals surface area contributed by atoms with E-state index in [-0.39, 0.29) is 16.7 Å². The summed E-state index contributed by atoms with van der Waals surface area (Å²) in [7, 11) is 0. The van der Waals surface area contributed by atoms with Gasteiger partial charge in [-0.25, -0.2) is 4.85 Å². The quantitative estimate of drug-likeness (QED) is 0.537. The van der Waals surface area contributed by atoms with Crippen molar-refractivity contribution in [2.75, 3.05) is 0 Å². The Morgan fingerprint density at radius 3 is 2.43 bits per heavy atom. The summed E-state index contributed by atoms with van der Waals surface area (Å²) in [6.07, 6.45) is 0. The molecule has 0 unspecified atom stereocenters. The van der Waals surface area contributed by atoms with Crippen molar-refractivity contribution in [3.63, 3.8) is 0 Å². The van der Waals surface area contributed by atoms with Crippen LogP contribution >= 0.6 is 27.7 Å². The number of benzene rings is 1. The van der Waals surface area contributed by atoms with Crippen LogP contribution in [0.1, 0.15) is 0 Å². The molecule has 0 N–H and O–H groups in total. The molecule has 0 amide bonds. The first-order chi connectivity index (χ1) is 6.42. The summed E-state index contributed by atoms with van der Waals surface area (Å²) in [5, 5.41) is 0. The summed E-state index contributed by atoms with van der Waals surface area (Å²) in [6.45, 7) is 6.70. The van der Waals surface area contributed by atoms with Crippen molar-refractivity contribution in [1.82, 2.24) is 0 Å². The summed E-state index contributed by atoms with van der Waals surface area (Å²) in [5.74, 6) is 0. The molecule has 1 nitrogen and oxygen atoms in total. The van der Waals surface area contributed by atoms with Crippen LogP contribution in [0.15, 0.2) is 27.6 Å². The third-order valence-electron chi connectivity index (χ3n) is 1.27. The van der Waals surface area contributed by atoms with Crippen LogP contribution < -0.4 is 0 Å². The minimum atomic E-state index is -4.29. The molecule has 0 aliphatic carbocycles. The lowest BCUT2D eigenvalue weighted by Gasteiger charge is -2.05. The fourth-order valence-corrected chi connectivity index (χ4v) is 1.97. The van der Waals surface area contributed by atoms with Gasteiger partial charge in [0.15, 0.2) is 0 Å². The fraction of sp³-hybridized carbons (Fsp3) is 0.125. The lowest BCUT2D eigenvalue weighted by atomic mass is 10.3. The van der Waals surface area contributed by atoms with Crippen molar-refractivity contribution in [1.29, 1.82) is 0 Å². The molecule has 0 radical (unpaired) electrons. The number of rotatable bonds is 1. The van der Waals surface area contributed by atoms with Crippen molar-refractivity contribution >= 4 is 33.4 Å². The Kier molecular flexibility index (Phi) is 3.45. The van der Waals surface area contributed by atoms with Crippen LogP contribution in [-0.2, 0) is 0 Å². The standard InChI is InChI=1S/C8H3BrF3NS/c1-13-7-3-2-5(4-6(7)9)14-8(10,11)12/h2-4H. The summed E-state index contributed by atoms with van der Waals surface area (Å²) in [5.41, 5.74) is -3.99. The third-order valence-corrected chi connectivity index (χ3v) is 2.63. The summed E-state index contributed by atoms with van der Waals surface area (Å²) >= 11 is 2.82. The Hall–Kier alpha value is -0.670. The van der Waals surface area contributed by atoms with Crippen molar-refractivity contribution in [3.05, 3.63) is 34.1 Å². The molecule has 1 rings (SSSR count). The molecular weight excluding hydrogens is 279 g/mol. The molecule has 0 heterocycles. The van der Waals surface area contributed by atoms with Crippen LogP contribution in [-0.4, -0.2) is 5.51 Å². The van der Waals surface area contributed by atoms with Gasteiger partial charge in [-0.2, -0.15) is 13.2 Å². The monoisotopic (exact) mass is 281 g/mol. The number of hydrogen-bond acceptors (Lipinski definition) is 1. The minimum absolute atomic E-state index is 0.0665. The molecule has 0 bridgehead atoms. The van der Waals surface area contributed by atoms with Gasteiger partial charge in [-0.3, -0.25) is 0 Å². The third kappa shape index (κ3) is 3.24. The van der Waals surface area contributed by atoms with E-state index in [0.29, 0.717) is 10.2 Å². The number of halogens is 4. The number of nitrogens with zero attached hydrogens (tertiary/aromatic N) is 1. The van der Waals surface area contributed by atoms with E-state index in [1.165, 1.54) is 18.2 Å². The molecule has 0 saturated carbocycles. The van der Waals surface area contributed by atoms with Gasteiger partial charge in [-0.15, -0.1) is 0 Å². The van der Waals surface area contributed by atoms with E-state index in [9.17, 15) is 13.2 Å². The van der Waals surface area contributed by atoms with Crippen LogP contribution in [0.25, 0.3) is 4.85 Å². The maximum absolute atomic E-state index is 11.9. The average molecular weight is 282 g/mol. The highest BCUT2D eigenvalue weighted by atomic mass is 79.9. The van der Waals surface area contributed by atoms with Crippen LogP contribution in [0.5, 0.6) is 0 Å². The van der Waals surface area contributed by atoms with Gasteiger partial charge in [-0.1, -0.05) is 28.1 Å². The summed E-state index contributed by atoms with van der Waals surface area (Å²) in [4.78, 5) is 3.19. The van der Waals surface area contributed by atoms with Crippen LogP contribution in [0, 0.1) is 6.57 Å². The van der Waals surface area contributed by atoms with Crippen LogP contribution in [0.4, 0.5) is 18.9 Å². The highest BCUT2D eigenvalue weighted by Gasteiger charge is 2.29. The normalized spacial score (nSPS) is 11.1. The van der Waals surface area contributed by atoms with Crippen LogP contribution in [0.2, 0.25) is 0 Å². The molecule has 0 aliphatic rings. The van der Waals surface area contributed by atoms with Gasteiger partial charge in [0.1, 0.15) is 0 Å². The molecule has 0 fully saturated rings. The maximum Gasteiger partial charge on any atom is 0.446 e. The first-order valence-electron chi connectivity index (χ1n) is 3.35. The lowest BCUT2D eigenvalue weighted by Crippen LogP contribution is -1.98. The predicted molar refractivity (Wildman–Crippen MR) is 52.3 cm³/mol. The molecule has 1 aromatic rings. The molecule has 0 saturated heterocycles. The molecule has 6 heteroatoms. The maximum atomic E-state index is 11.9. The Balaban J connectivity index is 2.94. The van der Waals surface area contributed by atoms with Gasteiger partial charge in [0.25, 0.3) is 0 Å². The van der Waals surface area contributed by atoms with Gasteiger partial charge in [0.05, 0.1) is 6.57 Å². The van der Waals surface area contributed by atoms with Crippen molar-refractivity contribution in [3.8, 4) is 0 Å². The van der Waals surface area contributed by atoms with Gasteiger partial charge in [0.2, 0.25) is 5.69 Å². The summed E-state index contributed by atoms with van der Waals surface area (Å²) < 4.78 is 36.2. The zero-order valence-electron chi connectivity index (χ0n) is 6.60. The highest BCUT2D eigenvalue weighted by Crippen LogP contribution is 2.39. The molecule has 14 heavy (non-hydrogen) atoms. The Labute approximate surface area is 91.3 Å². The first-order valence-corrected chi connectivity index (χ1v) is 4.96. The van der Waals surface area contributed by atoms with E-state index in [0.717, 1.165) is 0 Å². The molecule has 0 aliphatic heterocycles. The second-order valence-electron chi connectivity index (χ2n) is 2.27. The molecule has 1 aromatic carbocycles. The van der Waals surface area contributed by atoms with Crippen molar-refractivity contribution < 1.29 is 13.2 Å².